The molecule has 0 N–H and O–H groups in total. The molecule has 2 aromatic heterocycles. The van der Waals surface area contributed by atoms with Gasteiger partial charge >= 0.3 is 0 Å². The zero-order chi connectivity index (χ0) is 14.8. The summed E-state index contributed by atoms with van der Waals surface area (Å²) in [7, 11) is 0. The highest BCUT2D eigenvalue weighted by molar-refractivity contribution is 7.98. The summed E-state index contributed by atoms with van der Waals surface area (Å²) in [4.78, 5) is 8.76. The molecule has 0 fully saturated rings. The second-order valence-electron chi connectivity index (χ2n) is 4.75. The molecule has 0 aliphatic heterocycles. The quantitative estimate of drug-likeness (QED) is 0.658. The Balaban J connectivity index is 0.00000176. The van der Waals surface area contributed by atoms with E-state index in [9.17, 15) is 0 Å². The van der Waals surface area contributed by atoms with Crippen LogP contribution in [-0.4, -0.2) is 25.4 Å². The number of hydrogen-bond acceptors (Lipinski definition) is 3. The van der Waals surface area contributed by atoms with E-state index in [0.29, 0.717) is 0 Å². The predicted octanol–water partition coefficient (Wildman–Crippen LogP) is 4.22. The van der Waals surface area contributed by atoms with Gasteiger partial charge in [-0.3, -0.25) is 0 Å². The van der Waals surface area contributed by atoms with Crippen molar-refractivity contribution in [2.45, 2.75) is 18.6 Å². The molecular weight excluding hydrogens is 339 g/mol. The second kappa shape index (κ2) is 7.22. The highest BCUT2D eigenvalue weighted by Crippen LogP contribution is 2.19. The number of aromatic nitrogens is 4. The molecule has 4 nitrogen and oxygen atoms in total. The molecule has 2 heterocycles. The van der Waals surface area contributed by atoms with E-state index in [1.165, 1.54) is 0 Å². The van der Waals surface area contributed by atoms with Crippen molar-refractivity contribution in [1.82, 2.24) is 19.1 Å². The molecule has 3 aromatic rings. The first kappa shape index (κ1) is 16.9. The number of imidazole rings is 2. The maximum atomic E-state index is 6.06. The summed E-state index contributed by atoms with van der Waals surface area (Å²) in [5.41, 5.74) is 3.12. The Labute approximate surface area is 144 Å². The molecule has 0 saturated carbocycles. The lowest BCUT2D eigenvalue weighted by atomic mass is 10.2. The summed E-state index contributed by atoms with van der Waals surface area (Å²) in [5, 5.41) is 1.77. The molecule has 1 aromatic carbocycles. The average Bonchev–Trinajstić information content (AvgIpc) is 3.11. The molecule has 0 bridgehead atoms. The molecule has 0 aliphatic carbocycles. The van der Waals surface area contributed by atoms with Gasteiger partial charge in [-0.1, -0.05) is 23.4 Å². The van der Waals surface area contributed by atoms with Crippen LogP contribution in [0.3, 0.4) is 0 Å². The van der Waals surface area contributed by atoms with Gasteiger partial charge in [0.2, 0.25) is 0 Å². The number of halogens is 2. The van der Waals surface area contributed by atoms with Gasteiger partial charge in [0.25, 0.3) is 0 Å². The number of aryl methyl sites for hydroxylation is 1. The molecule has 0 saturated heterocycles. The fourth-order valence-corrected chi connectivity index (χ4v) is 2.80. The number of thioether (sulfide) groups is 1. The average molecular weight is 355 g/mol. The molecule has 0 radical (unpaired) electrons. The molecule has 0 unspecified atom stereocenters. The first-order chi connectivity index (χ1) is 10.2. The first-order valence-corrected chi connectivity index (χ1v) is 8.12. The van der Waals surface area contributed by atoms with E-state index in [-0.39, 0.29) is 12.4 Å². The predicted molar refractivity (Wildman–Crippen MR) is 93.7 cm³/mol. The zero-order valence-corrected chi connectivity index (χ0v) is 14.6. The maximum Gasteiger partial charge on any atom is 0.168 e. The van der Waals surface area contributed by atoms with E-state index < -0.39 is 0 Å². The van der Waals surface area contributed by atoms with Crippen molar-refractivity contribution in [2.24, 2.45) is 0 Å². The minimum Gasteiger partial charge on any atom is -0.320 e. The van der Waals surface area contributed by atoms with Crippen LogP contribution in [0, 0.1) is 6.92 Å². The Hall–Kier alpha value is -1.43. The van der Waals surface area contributed by atoms with Crippen molar-refractivity contribution in [3.05, 3.63) is 59.4 Å². The first-order valence-electron chi connectivity index (χ1n) is 6.52. The fraction of sp³-hybridized carbons (Fsp3) is 0.200. The van der Waals surface area contributed by atoms with Crippen LogP contribution in [0.15, 0.2) is 48.3 Å². The summed E-state index contributed by atoms with van der Waals surface area (Å²) in [6, 6.07) is 5.96. The standard InChI is InChI=1S/C15H15ClN4S.ClH/c1-11-7-13(3-4-14(11)16)20-9-12(18-10-20)8-19-6-5-17-15(19)21-2;/h3-7,9-10H,8H2,1-2H3;1H. The Morgan fingerprint density at radius 2 is 2.09 bits per heavy atom. The minimum absolute atomic E-state index is 0. The molecule has 0 aliphatic rings. The molecule has 0 amide bonds. The van der Waals surface area contributed by atoms with Crippen LogP contribution in [-0.2, 0) is 6.54 Å². The van der Waals surface area contributed by atoms with Gasteiger partial charge in [0.15, 0.2) is 5.16 Å². The van der Waals surface area contributed by atoms with Crippen LogP contribution in [0.4, 0.5) is 0 Å². The second-order valence-corrected chi connectivity index (χ2v) is 5.93. The Morgan fingerprint density at radius 3 is 2.82 bits per heavy atom. The van der Waals surface area contributed by atoms with E-state index in [2.05, 4.69) is 20.6 Å². The lowest BCUT2D eigenvalue weighted by Gasteiger charge is -2.05. The molecule has 22 heavy (non-hydrogen) atoms. The normalized spacial score (nSPS) is 10.5. The summed E-state index contributed by atoms with van der Waals surface area (Å²) >= 11 is 7.69. The number of benzene rings is 1. The highest BCUT2D eigenvalue weighted by Gasteiger charge is 2.06. The summed E-state index contributed by atoms with van der Waals surface area (Å²) < 4.78 is 4.10. The van der Waals surface area contributed by atoms with Crippen LogP contribution in [0.2, 0.25) is 5.02 Å². The summed E-state index contributed by atoms with van der Waals surface area (Å²) in [6.07, 6.45) is 9.66. The number of hydrogen-bond donors (Lipinski definition) is 0. The van der Waals surface area contributed by atoms with Gasteiger partial charge in [-0.25, -0.2) is 9.97 Å². The van der Waals surface area contributed by atoms with E-state index in [1.54, 1.807) is 11.8 Å². The SMILES string of the molecule is CSc1nccn1Cc1cn(-c2ccc(Cl)c(C)c2)cn1.Cl. The lowest BCUT2D eigenvalue weighted by molar-refractivity contribution is 0.697. The smallest absolute Gasteiger partial charge is 0.168 e. The Kier molecular flexibility index (Phi) is 5.56. The maximum absolute atomic E-state index is 6.06. The van der Waals surface area contributed by atoms with Gasteiger partial charge in [0, 0.05) is 29.3 Å². The van der Waals surface area contributed by atoms with E-state index in [4.69, 9.17) is 11.6 Å². The largest absolute Gasteiger partial charge is 0.320 e. The fourth-order valence-electron chi connectivity index (χ4n) is 2.16. The molecule has 3 rings (SSSR count). The molecule has 0 spiro atoms. The van der Waals surface area contributed by atoms with Crippen molar-refractivity contribution in [3.63, 3.8) is 0 Å². The summed E-state index contributed by atoms with van der Waals surface area (Å²) in [6.45, 7) is 2.72. The molecule has 0 atom stereocenters. The molecule has 116 valence electrons. The molecule has 7 heteroatoms. The third-order valence-corrected chi connectivity index (χ3v) is 4.40. The third kappa shape index (κ3) is 3.48. The number of nitrogens with zero attached hydrogens (tertiary/aromatic N) is 4. The number of rotatable bonds is 4. The van der Waals surface area contributed by atoms with Crippen LogP contribution >= 0.6 is 35.8 Å². The van der Waals surface area contributed by atoms with E-state index >= 15 is 0 Å². The van der Waals surface area contributed by atoms with Crippen molar-refractivity contribution >= 4 is 35.8 Å². The van der Waals surface area contributed by atoms with Crippen LogP contribution in [0.25, 0.3) is 5.69 Å². The van der Waals surface area contributed by atoms with Crippen molar-refractivity contribution in [3.8, 4) is 5.69 Å². The molecular formula is C15H16Cl2N4S. The van der Waals surface area contributed by atoms with Gasteiger partial charge in [-0.05, 0) is 36.9 Å². The van der Waals surface area contributed by atoms with E-state index in [0.717, 1.165) is 33.7 Å². The zero-order valence-electron chi connectivity index (χ0n) is 12.2. The highest BCUT2D eigenvalue weighted by atomic mass is 35.5. The van der Waals surface area contributed by atoms with Gasteiger partial charge in [0.05, 0.1) is 18.6 Å². The van der Waals surface area contributed by atoms with Crippen LogP contribution in [0.1, 0.15) is 11.3 Å². The van der Waals surface area contributed by atoms with Crippen molar-refractivity contribution < 1.29 is 0 Å². The van der Waals surface area contributed by atoms with Crippen molar-refractivity contribution in [2.75, 3.05) is 6.26 Å². The monoisotopic (exact) mass is 354 g/mol. The van der Waals surface area contributed by atoms with Gasteiger partial charge in [-0.15, -0.1) is 12.4 Å². The van der Waals surface area contributed by atoms with E-state index in [1.807, 2.05) is 54.8 Å². The summed E-state index contributed by atoms with van der Waals surface area (Å²) in [5.74, 6) is 0. The van der Waals surface area contributed by atoms with Crippen LogP contribution < -0.4 is 0 Å². The Bertz CT molecular complexity index is 767. The van der Waals surface area contributed by atoms with Gasteiger partial charge in [0.1, 0.15) is 0 Å². The minimum atomic E-state index is 0. The Morgan fingerprint density at radius 1 is 1.27 bits per heavy atom. The lowest BCUT2D eigenvalue weighted by Crippen LogP contribution is -2.00. The van der Waals surface area contributed by atoms with Gasteiger partial charge < -0.3 is 9.13 Å². The van der Waals surface area contributed by atoms with Crippen molar-refractivity contribution in [1.29, 1.82) is 0 Å². The van der Waals surface area contributed by atoms with Gasteiger partial charge in [-0.2, -0.15) is 0 Å². The third-order valence-electron chi connectivity index (χ3n) is 3.27. The topological polar surface area (TPSA) is 35.6 Å². The van der Waals surface area contributed by atoms with Crippen LogP contribution in [0.5, 0.6) is 0 Å².